The maximum absolute atomic E-state index is 12.4. The molecule has 0 atom stereocenters. The first-order valence-electron chi connectivity index (χ1n) is 7.84. The lowest BCUT2D eigenvalue weighted by atomic mass is 10.1. The van der Waals surface area contributed by atoms with E-state index in [0.717, 1.165) is 5.69 Å². The van der Waals surface area contributed by atoms with Crippen molar-refractivity contribution in [3.63, 3.8) is 0 Å². The van der Waals surface area contributed by atoms with Gasteiger partial charge in [0, 0.05) is 10.7 Å². The Bertz CT molecular complexity index is 1000. The Morgan fingerprint density at radius 1 is 1.30 bits per heavy atom. The second kappa shape index (κ2) is 8.11. The van der Waals surface area contributed by atoms with Gasteiger partial charge in [0.1, 0.15) is 10.7 Å². The monoisotopic (exact) mass is 401 g/mol. The van der Waals surface area contributed by atoms with Gasteiger partial charge in [-0.15, -0.1) is 0 Å². The number of carbonyl (C=O) groups excluding carboxylic acids is 1. The van der Waals surface area contributed by atoms with Gasteiger partial charge in [-0.2, -0.15) is 0 Å². The van der Waals surface area contributed by atoms with E-state index in [4.69, 9.17) is 22.1 Å². The number of rotatable bonds is 6. The molecule has 0 aliphatic carbocycles. The third kappa shape index (κ3) is 4.58. The van der Waals surface area contributed by atoms with Crippen LogP contribution in [0.5, 0.6) is 11.5 Å². The normalized spacial score (nSPS) is 10.9. The molecule has 138 valence electrons. The first kappa shape index (κ1) is 18.8. The van der Waals surface area contributed by atoms with Crippen molar-refractivity contribution in [2.45, 2.75) is 0 Å². The smallest absolute Gasteiger partial charge is 0.199 e. The molecular weight excluding hydrogens is 386 g/mol. The molecule has 0 aliphatic heterocycles. The molecule has 1 heterocycles. The zero-order chi connectivity index (χ0) is 19.4. The molecule has 0 aliphatic rings. The Balaban J connectivity index is 1.75. The minimum absolute atomic E-state index is 0.0330. The number of ketones is 1. The zero-order valence-corrected chi connectivity index (χ0v) is 15.8. The summed E-state index contributed by atoms with van der Waals surface area (Å²) < 4.78 is 5.05. The van der Waals surface area contributed by atoms with Crippen LogP contribution in [0.25, 0.3) is 6.08 Å². The molecule has 27 heavy (non-hydrogen) atoms. The summed E-state index contributed by atoms with van der Waals surface area (Å²) in [6, 6.07) is 11.9. The summed E-state index contributed by atoms with van der Waals surface area (Å²) in [4.78, 5) is 17.0. The average molecular weight is 402 g/mol. The minimum Gasteiger partial charge on any atom is -0.504 e. The van der Waals surface area contributed by atoms with Crippen LogP contribution in [0.2, 0.25) is 5.02 Å². The predicted molar refractivity (Wildman–Crippen MR) is 109 cm³/mol. The number of benzene rings is 2. The van der Waals surface area contributed by atoms with Crippen molar-refractivity contribution < 1.29 is 14.6 Å². The highest BCUT2D eigenvalue weighted by Crippen LogP contribution is 2.30. The number of allylic oxidation sites excluding steroid dienone is 1. The van der Waals surface area contributed by atoms with Crippen LogP contribution in [0.15, 0.2) is 48.5 Å². The standard InChI is InChI=1S/C19H16ClN3O3S/c1-26-16-10-11(2-8-14(16)24)3-9-15(25)17-18(21)23-19(27-17)22-13-6-4-12(20)5-7-13/h2-10,24H,21H2,1H3,(H,22,23)/b9-3+. The van der Waals surface area contributed by atoms with Crippen molar-refractivity contribution in [3.05, 3.63) is 64.0 Å². The number of ether oxygens (including phenoxy) is 1. The third-order valence-electron chi connectivity index (χ3n) is 3.60. The summed E-state index contributed by atoms with van der Waals surface area (Å²) in [6.07, 6.45) is 3.03. The minimum atomic E-state index is -0.263. The number of nitrogens with two attached hydrogens (primary N) is 1. The van der Waals surface area contributed by atoms with E-state index in [0.29, 0.717) is 26.3 Å². The van der Waals surface area contributed by atoms with Gasteiger partial charge in [0.2, 0.25) is 0 Å². The highest BCUT2D eigenvalue weighted by Gasteiger charge is 2.14. The molecule has 3 rings (SSSR count). The first-order chi connectivity index (χ1) is 13.0. The Morgan fingerprint density at radius 2 is 2.04 bits per heavy atom. The SMILES string of the molecule is COc1cc(/C=C/C(=O)c2sc(Nc3ccc(Cl)cc3)nc2N)ccc1O. The molecule has 2 aromatic carbocycles. The number of halogens is 1. The van der Waals surface area contributed by atoms with E-state index in [-0.39, 0.29) is 17.4 Å². The van der Waals surface area contributed by atoms with Crippen LogP contribution in [-0.2, 0) is 0 Å². The number of methoxy groups -OCH3 is 1. The Hall–Kier alpha value is -3.03. The third-order valence-corrected chi connectivity index (χ3v) is 4.86. The molecule has 0 radical (unpaired) electrons. The van der Waals surface area contributed by atoms with Gasteiger partial charge in [-0.25, -0.2) is 4.98 Å². The van der Waals surface area contributed by atoms with E-state index < -0.39 is 0 Å². The molecule has 6 nitrogen and oxygen atoms in total. The molecule has 4 N–H and O–H groups in total. The highest BCUT2D eigenvalue weighted by atomic mass is 35.5. The van der Waals surface area contributed by atoms with Crippen LogP contribution >= 0.6 is 22.9 Å². The molecule has 0 fully saturated rings. The lowest BCUT2D eigenvalue weighted by Crippen LogP contribution is -1.97. The number of nitrogen functional groups attached to an aromatic ring is 1. The van der Waals surface area contributed by atoms with Crippen molar-refractivity contribution in [1.82, 2.24) is 4.98 Å². The lowest BCUT2D eigenvalue weighted by Gasteiger charge is -2.03. The van der Waals surface area contributed by atoms with Crippen molar-refractivity contribution in [2.75, 3.05) is 18.2 Å². The van der Waals surface area contributed by atoms with E-state index in [9.17, 15) is 9.90 Å². The predicted octanol–water partition coefficient (Wildman–Crippen LogP) is 4.73. The summed E-state index contributed by atoms with van der Waals surface area (Å²) in [7, 11) is 1.46. The lowest BCUT2D eigenvalue weighted by molar-refractivity contribution is 0.105. The van der Waals surface area contributed by atoms with E-state index in [1.54, 1.807) is 42.5 Å². The quantitative estimate of drug-likeness (QED) is 0.408. The molecule has 0 spiro atoms. The number of phenolic OH excluding ortho intramolecular Hbond substituents is 1. The average Bonchev–Trinajstić information content (AvgIpc) is 3.03. The van der Waals surface area contributed by atoms with Crippen LogP contribution in [0.4, 0.5) is 16.6 Å². The summed E-state index contributed by atoms with van der Waals surface area (Å²) in [6.45, 7) is 0. The number of nitrogens with one attached hydrogen (secondary N) is 1. The van der Waals surface area contributed by atoms with Crippen molar-refractivity contribution in [2.24, 2.45) is 0 Å². The first-order valence-corrected chi connectivity index (χ1v) is 9.04. The molecule has 0 amide bonds. The van der Waals surface area contributed by atoms with E-state index >= 15 is 0 Å². The molecule has 0 saturated carbocycles. The molecule has 1 aromatic heterocycles. The number of anilines is 3. The number of hydrogen-bond acceptors (Lipinski definition) is 7. The van der Waals surface area contributed by atoms with Crippen LogP contribution < -0.4 is 15.8 Å². The maximum Gasteiger partial charge on any atom is 0.199 e. The largest absolute Gasteiger partial charge is 0.504 e. The highest BCUT2D eigenvalue weighted by molar-refractivity contribution is 7.18. The fourth-order valence-corrected chi connectivity index (χ4v) is 3.22. The molecule has 0 bridgehead atoms. The molecular formula is C19H16ClN3O3S. The Labute approximate surface area is 164 Å². The van der Waals surface area contributed by atoms with E-state index in [1.807, 2.05) is 0 Å². The van der Waals surface area contributed by atoms with Crippen molar-refractivity contribution >= 4 is 51.4 Å². The molecule has 0 unspecified atom stereocenters. The number of phenols is 1. The van der Waals surface area contributed by atoms with Gasteiger partial charge in [0.15, 0.2) is 22.4 Å². The molecule has 8 heteroatoms. The van der Waals surface area contributed by atoms with E-state index in [1.165, 1.54) is 30.6 Å². The number of hydrogen-bond donors (Lipinski definition) is 3. The fraction of sp³-hybridized carbons (Fsp3) is 0.0526. The van der Waals surface area contributed by atoms with Crippen LogP contribution in [-0.4, -0.2) is 23.0 Å². The summed E-state index contributed by atoms with van der Waals surface area (Å²) in [5.74, 6) is 0.262. The van der Waals surface area contributed by atoms with Gasteiger partial charge in [0.05, 0.1) is 7.11 Å². The van der Waals surface area contributed by atoms with Crippen LogP contribution in [0, 0.1) is 0 Å². The van der Waals surface area contributed by atoms with Gasteiger partial charge in [-0.1, -0.05) is 35.1 Å². The van der Waals surface area contributed by atoms with Gasteiger partial charge in [-0.05, 0) is 48.0 Å². The maximum atomic E-state index is 12.4. The zero-order valence-electron chi connectivity index (χ0n) is 14.3. The Kier molecular flexibility index (Phi) is 5.63. The summed E-state index contributed by atoms with van der Waals surface area (Å²) in [5.41, 5.74) is 7.38. The molecule has 0 saturated heterocycles. The van der Waals surface area contributed by atoms with Crippen molar-refractivity contribution in [3.8, 4) is 11.5 Å². The topological polar surface area (TPSA) is 97.5 Å². The van der Waals surface area contributed by atoms with Crippen LogP contribution in [0.1, 0.15) is 15.2 Å². The Morgan fingerprint density at radius 3 is 2.74 bits per heavy atom. The summed E-state index contributed by atoms with van der Waals surface area (Å²) in [5, 5.41) is 13.8. The van der Waals surface area contributed by atoms with Crippen molar-refractivity contribution in [1.29, 1.82) is 0 Å². The van der Waals surface area contributed by atoms with Crippen LogP contribution in [0.3, 0.4) is 0 Å². The van der Waals surface area contributed by atoms with Gasteiger partial charge >= 0.3 is 0 Å². The van der Waals surface area contributed by atoms with Gasteiger partial charge in [-0.3, -0.25) is 4.79 Å². The number of nitrogens with zero attached hydrogens (tertiary/aromatic N) is 1. The number of carbonyl (C=O) groups is 1. The number of aromatic hydroxyl groups is 1. The van der Waals surface area contributed by atoms with Gasteiger partial charge in [0.25, 0.3) is 0 Å². The fourth-order valence-electron chi connectivity index (χ4n) is 2.26. The number of thiazole rings is 1. The number of aromatic nitrogens is 1. The molecule has 3 aromatic rings. The summed E-state index contributed by atoms with van der Waals surface area (Å²) >= 11 is 7.03. The van der Waals surface area contributed by atoms with Gasteiger partial charge < -0.3 is 20.9 Å². The van der Waals surface area contributed by atoms with E-state index in [2.05, 4.69) is 10.3 Å². The second-order valence-electron chi connectivity index (χ2n) is 5.49. The second-order valence-corrected chi connectivity index (χ2v) is 6.93.